The van der Waals surface area contributed by atoms with Gasteiger partial charge in [0.1, 0.15) is 11.5 Å². The van der Waals surface area contributed by atoms with Gasteiger partial charge in [-0.2, -0.15) is 0 Å². The number of hydrogen-bond donors (Lipinski definition) is 1. The number of ketones is 1. The Morgan fingerprint density at radius 3 is 2.21 bits per heavy atom. The maximum Gasteiger partial charge on any atom is 0.320 e. The number of Topliss-reactive ketones (excluding diaryl/α,β-unsaturated/α-hetero) is 1. The highest BCUT2D eigenvalue weighted by Crippen LogP contribution is 2.64. The molecule has 1 aliphatic carbocycles. The maximum absolute atomic E-state index is 12.8. The van der Waals surface area contributed by atoms with Crippen LogP contribution in [0.2, 0.25) is 0 Å². The minimum atomic E-state index is -1.14. The number of carbonyl (C=O) groups is 2. The SMILES string of the molecule is CC=C(C)C(O)C(C)=CC(C)=CC=CC=CC1(C)C2OC(=O)C1(C)C(=O)C2(C)C. The highest BCUT2D eigenvalue weighted by Gasteiger charge is 2.77. The van der Waals surface area contributed by atoms with E-state index in [-0.39, 0.29) is 5.78 Å². The molecule has 1 saturated heterocycles. The number of esters is 1. The third kappa shape index (κ3) is 3.59. The molecule has 0 amide bonds. The number of carbonyl (C=O) groups excluding carboxylic acids is 2. The molecule has 2 fully saturated rings. The molecule has 0 radical (unpaired) electrons. The summed E-state index contributed by atoms with van der Waals surface area (Å²) in [4.78, 5) is 25.2. The molecule has 0 aromatic heterocycles. The highest BCUT2D eigenvalue weighted by molar-refractivity contribution is 6.12. The van der Waals surface area contributed by atoms with Gasteiger partial charge in [-0.15, -0.1) is 0 Å². The Kier molecular flexibility index (Phi) is 6.29. The van der Waals surface area contributed by atoms with Gasteiger partial charge in [-0.3, -0.25) is 9.59 Å². The molecule has 2 rings (SSSR count). The van der Waals surface area contributed by atoms with Crippen LogP contribution in [-0.2, 0) is 14.3 Å². The molecule has 2 bridgehead atoms. The maximum atomic E-state index is 12.8. The fourth-order valence-electron chi connectivity index (χ4n) is 4.61. The molecule has 4 heteroatoms. The molecule has 0 aromatic carbocycles. The topological polar surface area (TPSA) is 63.6 Å². The summed E-state index contributed by atoms with van der Waals surface area (Å²) in [5.74, 6) is -0.469. The molecule has 2 aliphatic rings. The summed E-state index contributed by atoms with van der Waals surface area (Å²) < 4.78 is 5.57. The summed E-state index contributed by atoms with van der Waals surface area (Å²) in [6.07, 6.45) is 12.4. The molecule has 1 heterocycles. The number of aliphatic hydroxyl groups excluding tert-OH is 1. The van der Waals surface area contributed by atoms with Gasteiger partial charge in [0.05, 0.1) is 11.5 Å². The van der Waals surface area contributed by atoms with E-state index in [0.29, 0.717) is 0 Å². The molecule has 4 unspecified atom stereocenters. The monoisotopic (exact) mass is 398 g/mol. The van der Waals surface area contributed by atoms with Gasteiger partial charge in [0.25, 0.3) is 0 Å². The van der Waals surface area contributed by atoms with Crippen LogP contribution in [0.25, 0.3) is 0 Å². The molecule has 0 aromatic rings. The first-order chi connectivity index (χ1) is 13.3. The highest BCUT2D eigenvalue weighted by atomic mass is 16.6. The van der Waals surface area contributed by atoms with E-state index in [1.165, 1.54) is 0 Å². The zero-order valence-electron chi connectivity index (χ0n) is 18.9. The van der Waals surface area contributed by atoms with E-state index >= 15 is 0 Å². The molecule has 158 valence electrons. The van der Waals surface area contributed by atoms with Crippen LogP contribution in [0.15, 0.2) is 59.3 Å². The molecule has 4 atom stereocenters. The Hall–Kier alpha value is -2.20. The Labute approximate surface area is 174 Å². The van der Waals surface area contributed by atoms with Gasteiger partial charge in [0.15, 0.2) is 5.78 Å². The van der Waals surface area contributed by atoms with Crippen molar-refractivity contribution in [1.29, 1.82) is 0 Å². The summed E-state index contributed by atoms with van der Waals surface area (Å²) in [5, 5.41) is 10.2. The van der Waals surface area contributed by atoms with Crippen molar-refractivity contribution in [3.8, 4) is 0 Å². The van der Waals surface area contributed by atoms with Gasteiger partial charge in [-0.25, -0.2) is 0 Å². The molecule has 0 spiro atoms. The minimum Gasteiger partial charge on any atom is -0.460 e. The Morgan fingerprint density at radius 1 is 1.03 bits per heavy atom. The first-order valence-electron chi connectivity index (χ1n) is 10.1. The Bertz CT molecular complexity index is 852. The molecule has 1 N–H and O–H groups in total. The Balaban J connectivity index is 2.16. The Morgan fingerprint density at radius 2 is 1.66 bits per heavy atom. The number of rotatable bonds is 6. The molecule has 1 aliphatic heterocycles. The van der Waals surface area contributed by atoms with Gasteiger partial charge in [0.2, 0.25) is 0 Å². The van der Waals surface area contributed by atoms with Crippen molar-refractivity contribution in [2.45, 2.75) is 67.6 Å². The fourth-order valence-corrected chi connectivity index (χ4v) is 4.61. The van der Waals surface area contributed by atoms with Crippen molar-refractivity contribution in [2.75, 3.05) is 0 Å². The number of fused-ring (bicyclic) bond motifs is 2. The largest absolute Gasteiger partial charge is 0.460 e. The van der Waals surface area contributed by atoms with E-state index in [9.17, 15) is 14.7 Å². The van der Waals surface area contributed by atoms with Gasteiger partial charge < -0.3 is 9.84 Å². The van der Waals surface area contributed by atoms with Crippen molar-refractivity contribution in [1.82, 2.24) is 0 Å². The standard InChI is InChI=1S/C25H34O4/c1-9-17(3)19(26)18(4)15-16(2)13-11-10-12-14-24(7)21-23(5,6)20(27)25(24,8)22(28)29-21/h9-15,19,21,26H,1-8H3. The van der Waals surface area contributed by atoms with Crippen molar-refractivity contribution in [3.05, 3.63) is 59.3 Å². The van der Waals surface area contributed by atoms with Crippen LogP contribution in [0.5, 0.6) is 0 Å². The van der Waals surface area contributed by atoms with Crippen LogP contribution in [-0.4, -0.2) is 29.1 Å². The van der Waals surface area contributed by atoms with E-state index in [0.717, 1.165) is 16.7 Å². The van der Waals surface area contributed by atoms with Gasteiger partial charge in [-0.05, 0) is 59.6 Å². The van der Waals surface area contributed by atoms with E-state index in [2.05, 4.69) is 0 Å². The van der Waals surface area contributed by atoms with Crippen LogP contribution >= 0.6 is 0 Å². The van der Waals surface area contributed by atoms with E-state index < -0.39 is 34.4 Å². The average Bonchev–Trinajstić information content (AvgIpc) is 2.92. The van der Waals surface area contributed by atoms with Crippen molar-refractivity contribution < 1.29 is 19.4 Å². The van der Waals surface area contributed by atoms with E-state index in [1.54, 1.807) is 6.92 Å². The van der Waals surface area contributed by atoms with Crippen LogP contribution in [0.4, 0.5) is 0 Å². The zero-order chi connectivity index (χ0) is 22.2. The number of allylic oxidation sites excluding steroid dienone is 7. The van der Waals surface area contributed by atoms with Crippen LogP contribution in [0, 0.1) is 16.2 Å². The number of ether oxygens (including phenoxy) is 1. The zero-order valence-corrected chi connectivity index (χ0v) is 18.9. The fraction of sp³-hybridized carbons (Fsp3) is 0.520. The molecular weight excluding hydrogens is 364 g/mol. The van der Waals surface area contributed by atoms with Gasteiger partial charge >= 0.3 is 5.97 Å². The van der Waals surface area contributed by atoms with Crippen LogP contribution in [0.3, 0.4) is 0 Å². The second-order valence-electron chi connectivity index (χ2n) is 9.22. The van der Waals surface area contributed by atoms with Gasteiger partial charge in [-0.1, -0.05) is 55.0 Å². The van der Waals surface area contributed by atoms with Gasteiger partial charge in [0, 0.05) is 5.41 Å². The van der Waals surface area contributed by atoms with Crippen LogP contribution < -0.4 is 0 Å². The second kappa shape index (κ2) is 7.91. The first-order valence-corrected chi connectivity index (χ1v) is 10.1. The van der Waals surface area contributed by atoms with Crippen LogP contribution in [0.1, 0.15) is 55.4 Å². The quantitative estimate of drug-likeness (QED) is 0.300. The predicted molar refractivity (Wildman–Crippen MR) is 116 cm³/mol. The molecular formula is C25H34O4. The van der Waals surface area contributed by atoms with E-state index in [4.69, 9.17) is 4.74 Å². The summed E-state index contributed by atoms with van der Waals surface area (Å²) in [6.45, 7) is 15.0. The third-order valence-electron chi connectivity index (χ3n) is 6.75. The van der Waals surface area contributed by atoms with Crippen molar-refractivity contribution >= 4 is 11.8 Å². The summed E-state index contributed by atoms with van der Waals surface area (Å²) >= 11 is 0. The lowest BCUT2D eigenvalue weighted by molar-refractivity contribution is -0.166. The summed E-state index contributed by atoms with van der Waals surface area (Å²) in [5.41, 5.74) is 0.334. The smallest absolute Gasteiger partial charge is 0.320 e. The molecule has 1 saturated carbocycles. The van der Waals surface area contributed by atoms with Crippen molar-refractivity contribution in [3.63, 3.8) is 0 Å². The lowest BCUT2D eigenvalue weighted by Gasteiger charge is -2.30. The summed E-state index contributed by atoms with van der Waals surface area (Å²) in [6, 6.07) is 0. The lowest BCUT2D eigenvalue weighted by atomic mass is 9.68. The first kappa shape index (κ1) is 23.1. The lowest BCUT2D eigenvalue weighted by Crippen LogP contribution is -2.44. The third-order valence-corrected chi connectivity index (χ3v) is 6.75. The normalized spacial score (nSPS) is 33.8. The minimum absolute atomic E-state index is 0.0475. The molecule has 29 heavy (non-hydrogen) atoms. The average molecular weight is 399 g/mol. The van der Waals surface area contributed by atoms with Crippen molar-refractivity contribution in [2.24, 2.45) is 16.2 Å². The second-order valence-corrected chi connectivity index (χ2v) is 9.22. The molecule has 4 nitrogen and oxygen atoms in total. The van der Waals surface area contributed by atoms with E-state index in [1.807, 2.05) is 91.0 Å². The summed E-state index contributed by atoms with van der Waals surface area (Å²) in [7, 11) is 0. The number of hydrogen-bond acceptors (Lipinski definition) is 4. The predicted octanol–water partition coefficient (Wildman–Crippen LogP) is 4.87. The number of aliphatic hydroxyl groups is 1.